The highest BCUT2D eigenvalue weighted by molar-refractivity contribution is 7.89. The van der Waals surface area contributed by atoms with E-state index < -0.39 is 10.0 Å². The summed E-state index contributed by atoms with van der Waals surface area (Å²) >= 11 is 5.97. The maximum absolute atomic E-state index is 12.5. The largest absolute Gasteiger partial charge is 0.469 e. The number of carbonyl (C=O) groups is 1. The molecule has 0 aromatic heterocycles. The minimum Gasteiger partial charge on any atom is -0.469 e. The lowest BCUT2D eigenvalue weighted by molar-refractivity contribution is -0.146. The predicted octanol–water partition coefficient (Wildman–Crippen LogP) is 1.50. The molecule has 1 saturated heterocycles. The number of nitrogens with zero attached hydrogens (tertiary/aromatic N) is 1. The van der Waals surface area contributed by atoms with Crippen LogP contribution in [0.2, 0.25) is 5.02 Å². The van der Waals surface area contributed by atoms with Gasteiger partial charge in [-0.15, -0.1) is 0 Å². The van der Waals surface area contributed by atoms with Crippen molar-refractivity contribution in [2.45, 2.75) is 17.7 Å². The highest BCUT2D eigenvalue weighted by Gasteiger charge is 2.33. The molecular formula is C13H17ClN2O4S. The van der Waals surface area contributed by atoms with Crippen LogP contribution in [0.15, 0.2) is 23.1 Å². The fourth-order valence-corrected chi connectivity index (χ4v) is 4.36. The molecule has 0 unspecified atom stereocenters. The number of esters is 1. The lowest BCUT2D eigenvalue weighted by Gasteiger charge is -2.30. The molecule has 2 N–H and O–H groups in total. The maximum Gasteiger partial charge on any atom is 0.308 e. The molecule has 0 atom stereocenters. The fourth-order valence-electron chi connectivity index (χ4n) is 2.36. The molecule has 0 amide bonds. The van der Waals surface area contributed by atoms with Gasteiger partial charge in [-0.3, -0.25) is 4.79 Å². The zero-order valence-corrected chi connectivity index (χ0v) is 13.2. The van der Waals surface area contributed by atoms with Crippen LogP contribution in [0.5, 0.6) is 0 Å². The van der Waals surface area contributed by atoms with Crippen molar-refractivity contribution >= 4 is 33.3 Å². The molecule has 0 spiro atoms. The van der Waals surface area contributed by atoms with Crippen LogP contribution in [0.4, 0.5) is 5.69 Å². The van der Waals surface area contributed by atoms with Gasteiger partial charge in [0.15, 0.2) is 0 Å². The SMILES string of the molecule is COC(=O)C1CCN(S(=O)(=O)c2ccc(N)cc2Cl)CC1. The van der Waals surface area contributed by atoms with Crippen molar-refractivity contribution < 1.29 is 17.9 Å². The first-order chi connectivity index (χ1) is 9.86. The standard InChI is InChI=1S/C13H17ClN2O4S/c1-20-13(17)9-4-6-16(7-5-9)21(18,19)12-3-2-10(15)8-11(12)14/h2-3,8-9H,4-7,15H2,1H3. The number of halogens is 1. The van der Waals surface area contributed by atoms with Gasteiger partial charge in [-0.1, -0.05) is 11.6 Å². The van der Waals surface area contributed by atoms with Crippen molar-refractivity contribution in [3.05, 3.63) is 23.2 Å². The number of benzene rings is 1. The number of nitrogens with two attached hydrogens (primary N) is 1. The number of anilines is 1. The van der Waals surface area contributed by atoms with Crippen LogP contribution in [0, 0.1) is 5.92 Å². The summed E-state index contributed by atoms with van der Waals surface area (Å²) in [6.45, 7) is 0.533. The van der Waals surface area contributed by atoms with Gasteiger partial charge >= 0.3 is 5.97 Å². The second-order valence-electron chi connectivity index (χ2n) is 4.89. The normalized spacial score (nSPS) is 17.6. The highest BCUT2D eigenvalue weighted by Crippen LogP contribution is 2.29. The van der Waals surface area contributed by atoms with Gasteiger partial charge < -0.3 is 10.5 Å². The van der Waals surface area contributed by atoms with Gasteiger partial charge in [0.1, 0.15) is 4.90 Å². The Morgan fingerprint density at radius 2 is 2.00 bits per heavy atom. The number of methoxy groups -OCH3 is 1. The monoisotopic (exact) mass is 332 g/mol. The third kappa shape index (κ3) is 3.30. The van der Waals surface area contributed by atoms with Crippen molar-refractivity contribution in [3.8, 4) is 0 Å². The Bertz CT molecular complexity index is 640. The summed E-state index contributed by atoms with van der Waals surface area (Å²) in [6, 6.07) is 4.31. The van der Waals surface area contributed by atoms with Gasteiger partial charge in [0.2, 0.25) is 10.0 Å². The third-order valence-corrected chi connectivity index (χ3v) is 5.94. The van der Waals surface area contributed by atoms with Crippen LogP contribution in [-0.4, -0.2) is 38.9 Å². The van der Waals surface area contributed by atoms with E-state index in [2.05, 4.69) is 4.74 Å². The number of piperidine rings is 1. The fraction of sp³-hybridized carbons (Fsp3) is 0.462. The van der Waals surface area contributed by atoms with E-state index in [-0.39, 0.29) is 34.9 Å². The topological polar surface area (TPSA) is 89.7 Å². The van der Waals surface area contributed by atoms with Gasteiger partial charge in [-0.2, -0.15) is 4.31 Å². The molecule has 2 rings (SSSR count). The van der Waals surface area contributed by atoms with Gasteiger partial charge in [0, 0.05) is 18.8 Å². The molecule has 1 aromatic rings. The van der Waals surface area contributed by atoms with Crippen molar-refractivity contribution in [1.29, 1.82) is 0 Å². The van der Waals surface area contributed by atoms with E-state index >= 15 is 0 Å². The van der Waals surface area contributed by atoms with Crippen LogP contribution in [0.3, 0.4) is 0 Å². The summed E-state index contributed by atoms with van der Waals surface area (Å²) in [6.07, 6.45) is 0.886. The summed E-state index contributed by atoms with van der Waals surface area (Å²) in [5.74, 6) is -0.541. The number of nitrogen functional groups attached to an aromatic ring is 1. The van der Waals surface area contributed by atoms with Gasteiger partial charge in [0.05, 0.1) is 18.1 Å². The molecule has 0 radical (unpaired) electrons. The first-order valence-corrected chi connectivity index (χ1v) is 8.31. The Morgan fingerprint density at radius 3 is 2.52 bits per heavy atom. The Morgan fingerprint density at radius 1 is 1.38 bits per heavy atom. The van der Waals surface area contributed by atoms with Crippen LogP contribution in [0.25, 0.3) is 0 Å². The molecule has 1 aliphatic heterocycles. The van der Waals surface area contributed by atoms with Gasteiger partial charge in [0.25, 0.3) is 0 Å². The van der Waals surface area contributed by atoms with Crippen LogP contribution in [-0.2, 0) is 19.6 Å². The van der Waals surface area contributed by atoms with Crippen LogP contribution >= 0.6 is 11.6 Å². The second-order valence-corrected chi connectivity index (χ2v) is 7.20. The minimum absolute atomic E-state index is 0.0369. The summed E-state index contributed by atoms with van der Waals surface area (Å²) in [4.78, 5) is 11.5. The van der Waals surface area contributed by atoms with E-state index in [1.807, 2.05) is 0 Å². The molecule has 1 aromatic carbocycles. The molecule has 116 valence electrons. The molecule has 8 heteroatoms. The molecule has 0 saturated carbocycles. The van der Waals surface area contributed by atoms with Crippen molar-refractivity contribution in [2.75, 3.05) is 25.9 Å². The summed E-state index contributed by atoms with van der Waals surface area (Å²) in [7, 11) is -2.34. The first-order valence-electron chi connectivity index (χ1n) is 6.49. The number of hydrogen-bond donors (Lipinski definition) is 1. The minimum atomic E-state index is -3.67. The van der Waals surface area contributed by atoms with Crippen LogP contribution in [0.1, 0.15) is 12.8 Å². The number of hydrogen-bond acceptors (Lipinski definition) is 5. The summed E-state index contributed by atoms with van der Waals surface area (Å²) in [5.41, 5.74) is 5.98. The molecule has 0 aliphatic carbocycles. The highest BCUT2D eigenvalue weighted by atomic mass is 35.5. The number of carbonyl (C=O) groups excluding carboxylic acids is 1. The molecule has 1 fully saturated rings. The Hall–Kier alpha value is -1.31. The summed E-state index contributed by atoms with van der Waals surface area (Å²) in [5, 5.41) is 0.102. The van der Waals surface area contributed by atoms with E-state index in [0.717, 1.165) is 0 Å². The van der Waals surface area contributed by atoms with Crippen LogP contribution < -0.4 is 5.73 Å². The molecular weight excluding hydrogens is 316 g/mol. The number of rotatable bonds is 3. The molecule has 1 aliphatic rings. The van der Waals surface area contributed by atoms with Crippen molar-refractivity contribution in [3.63, 3.8) is 0 Å². The van der Waals surface area contributed by atoms with Crippen molar-refractivity contribution in [1.82, 2.24) is 4.31 Å². The predicted molar refractivity (Wildman–Crippen MR) is 79.4 cm³/mol. The second kappa shape index (κ2) is 6.21. The third-order valence-electron chi connectivity index (χ3n) is 3.56. The molecule has 1 heterocycles. The average Bonchev–Trinajstić information content (AvgIpc) is 2.46. The van der Waals surface area contributed by atoms with Gasteiger partial charge in [-0.05, 0) is 31.0 Å². The van der Waals surface area contributed by atoms with E-state index in [1.165, 1.54) is 29.6 Å². The van der Waals surface area contributed by atoms with E-state index in [9.17, 15) is 13.2 Å². The van der Waals surface area contributed by atoms with Crippen molar-refractivity contribution in [2.24, 2.45) is 5.92 Å². The lowest BCUT2D eigenvalue weighted by atomic mass is 9.99. The van der Waals surface area contributed by atoms with E-state index in [4.69, 9.17) is 17.3 Å². The summed E-state index contributed by atoms with van der Waals surface area (Å²) < 4.78 is 31.1. The molecule has 0 bridgehead atoms. The smallest absolute Gasteiger partial charge is 0.308 e. The Balaban J connectivity index is 2.17. The number of sulfonamides is 1. The lowest BCUT2D eigenvalue weighted by Crippen LogP contribution is -2.40. The molecule has 21 heavy (non-hydrogen) atoms. The maximum atomic E-state index is 12.5. The van der Waals surface area contributed by atoms with Gasteiger partial charge in [-0.25, -0.2) is 8.42 Å². The van der Waals surface area contributed by atoms with E-state index in [0.29, 0.717) is 18.5 Å². The first kappa shape index (κ1) is 16.1. The molecule has 6 nitrogen and oxygen atoms in total. The van der Waals surface area contributed by atoms with E-state index in [1.54, 1.807) is 0 Å². The Kier molecular flexibility index (Phi) is 4.75. The zero-order valence-electron chi connectivity index (χ0n) is 11.6. The number of ether oxygens (including phenoxy) is 1. The quantitative estimate of drug-likeness (QED) is 0.669. The zero-order chi connectivity index (χ0) is 15.6. The Labute approximate surface area is 128 Å². The average molecular weight is 333 g/mol.